The second-order valence-electron chi connectivity index (χ2n) is 8.27. The van der Waals surface area contributed by atoms with E-state index >= 15 is 0 Å². The van der Waals surface area contributed by atoms with Crippen LogP contribution in [0.3, 0.4) is 0 Å². The molecule has 0 aliphatic heterocycles. The average Bonchev–Trinajstić information content (AvgIpc) is 2.90. The summed E-state index contributed by atoms with van der Waals surface area (Å²) in [6.07, 6.45) is 0. The first kappa shape index (κ1) is 21.2. The molecule has 5 aromatic carbocycles. The maximum absolute atomic E-state index is 6.94. The number of benzene rings is 5. The molecule has 0 N–H and O–H groups in total. The highest BCUT2D eigenvalue weighted by Gasteiger charge is 2.45. The molecule has 0 heterocycles. The zero-order valence-corrected chi connectivity index (χ0v) is 19.1. The SMILES string of the molecule is Clc1ccccc1[C@@H](c1ccccc1)C(c1ccccc1)(c1ccccc1)c1ccccc1. The lowest BCUT2D eigenvalue weighted by Crippen LogP contribution is -2.37. The molecular weight excluding hydrogens is 420 g/mol. The molecule has 0 aliphatic carbocycles. The summed E-state index contributed by atoms with van der Waals surface area (Å²) < 4.78 is 0. The highest BCUT2D eigenvalue weighted by molar-refractivity contribution is 6.31. The molecule has 0 saturated carbocycles. The average molecular weight is 445 g/mol. The zero-order valence-electron chi connectivity index (χ0n) is 18.3. The van der Waals surface area contributed by atoms with E-state index in [4.69, 9.17) is 11.6 Å². The van der Waals surface area contributed by atoms with Gasteiger partial charge in [0, 0.05) is 10.9 Å². The molecule has 160 valence electrons. The van der Waals surface area contributed by atoms with E-state index in [9.17, 15) is 0 Å². The largest absolute Gasteiger partial charge is 0.0840 e. The molecule has 0 unspecified atom stereocenters. The topological polar surface area (TPSA) is 0 Å². The van der Waals surface area contributed by atoms with Crippen LogP contribution in [0.5, 0.6) is 0 Å². The molecule has 0 aromatic heterocycles. The smallest absolute Gasteiger partial charge is 0.0560 e. The molecule has 5 aromatic rings. The Kier molecular flexibility index (Phi) is 6.11. The van der Waals surface area contributed by atoms with Crippen LogP contribution in [0.2, 0.25) is 5.02 Å². The summed E-state index contributed by atoms with van der Waals surface area (Å²) in [6, 6.07) is 51.5. The standard InChI is InChI=1S/C32H25Cl/c33-30-24-14-13-23-29(30)31(25-15-5-1-6-16-25)32(26-17-7-2-8-18-26,27-19-9-3-10-20-27)28-21-11-4-12-22-28/h1-24,31H/t31-/m1/s1. The molecule has 0 bridgehead atoms. The summed E-state index contributed by atoms with van der Waals surface area (Å²) in [7, 11) is 0. The molecule has 5 rings (SSSR count). The molecule has 1 heteroatoms. The first-order valence-corrected chi connectivity index (χ1v) is 11.7. The monoisotopic (exact) mass is 444 g/mol. The van der Waals surface area contributed by atoms with Crippen molar-refractivity contribution in [3.05, 3.63) is 178 Å². The van der Waals surface area contributed by atoms with Crippen molar-refractivity contribution in [1.82, 2.24) is 0 Å². The summed E-state index contributed by atoms with van der Waals surface area (Å²) in [6.45, 7) is 0. The maximum atomic E-state index is 6.94. The molecule has 0 radical (unpaired) electrons. The van der Waals surface area contributed by atoms with Crippen LogP contribution in [-0.2, 0) is 5.41 Å². The minimum atomic E-state index is -0.490. The third kappa shape index (κ3) is 3.88. The predicted molar refractivity (Wildman–Crippen MR) is 139 cm³/mol. The van der Waals surface area contributed by atoms with E-state index in [2.05, 4.69) is 133 Å². The Labute approximate surface area is 201 Å². The minimum absolute atomic E-state index is 0.0420. The third-order valence-corrected chi connectivity index (χ3v) is 6.81. The quantitative estimate of drug-likeness (QED) is 0.230. The van der Waals surface area contributed by atoms with Gasteiger partial charge in [-0.25, -0.2) is 0 Å². The zero-order chi connectivity index (χ0) is 22.5. The van der Waals surface area contributed by atoms with Crippen molar-refractivity contribution in [2.45, 2.75) is 11.3 Å². The van der Waals surface area contributed by atoms with E-state index in [0.717, 1.165) is 10.6 Å². The summed E-state index contributed by atoms with van der Waals surface area (Å²) in [5, 5.41) is 0.776. The first-order valence-electron chi connectivity index (χ1n) is 11.3. The molecular formula is C32H25Cl. The summed E-state index contributed by atoms with van der Waals surface area (Å²) in [5.74, 6) is -0.0420. The summed E-state index contributed by atoms with van der Waals surface area (Å²) in [4.78, 5) is 0. The van der Waals surface area contributed by atoms with Crippen molar-refractivity contribution in [3.8, 4) is 0 Å². The van der Waals surface area contributed by atoms with Gasteiger partial charge in [0.25, 0.3) is 0 Å². The third-order valence-electron chi connectivity index (χ3n) is 6.47. The van der Waals surface area contributed by atoms with Crippen molar-refractivity contribution in [1.29, 1.82) is 0 Å². The normalized spacial score (nSPS) is 12.3. The Bertz CT molecular complexity index is 1200. The number of hydrogen-bond donors (Lipinski definition) is 0. The Balaban J connectivity index is 1.97. The summed E-state index contributed by atoms with van der Waals surface area (Å²) in [5.41, 5.74) is 5.54. The maximum Gasteiger partial charge on any atom is 0.0560 e. The Morgan fingerprint density at radius 1 is 0.424 bits per heavy atom. The molecule has 0 fully saturated rings. The highest BCUT2D eigenvalue weighted by atomic mass is 35.5. The van der Waals surface area contributed by atoms with Crippen LogP contribution in [0.4, 0.5) is 0 Å². The van der Waals surface area contributed by atoms with E-state index in [0.29, 0.717) is 0 Å². The Morgan fingerprint density at radius 2 is 0.788 bits per heavy atom. The van der Waals surface area contributed by atoms with Crippen LogP contribution in [0.1, 0.15) is 33.7 Å². The van der Waals surface area contributed by atoms with Gasteiger partial charge in [0.1, 0.15) is 0 Å². The van der Waals surface area contributed by atoms with Gasteiger partial charge >= 0.3 is 0 Å². The second-order valence-corrected chi connectivity index (χ2v) is 8.68. The fraction of sp³-hybridized carbons (Fsp3) is 0.0625. The van der Waals surface area contributed by atoms with E-state index in [-0.39, 0.29) is 5.92 Å². The second kappa shape index (κ2) is 9.48. The van der Waals surface area contributed by atoms with Gasteiger partial charge in [-0.05, 0) is 33.9 Å². The van der Waals surface area contributed by atoms with Crippen LogP contribution >= 0.6 is 11.6 Å². The van der Waals surface area contributed by atoms with Crippen molar-refractivity contribution in [3.63, 3.8) is 0 Å². The minimum Gasteiger partial charge on any atom is -0.0840 e. The first-order chi connectivity index (χ1) is 16.3. The number of rotatable bonds is 6. The van der Waals surface area contributed by atoms with Gasteiger partial charge < -0.3 is 0 Å². The number of halogens is 1. The van der Waals surface area contributed by atoms with E-state index < -0.39 is 5.41 Å². The van der Waals surface area contributed by atoms with Gasteiger partial charge in [0.15, 0.2) is 0 Å². The van der Waals surface area contributed by atoms with Crippen LogP contribution in [-0.4, -0.2) is 0 Å². The van der Waals surface area contributed by atoms with Crippen LogP contribution in [0.25, 0.3) is 0 Å². The molecule has 1 atom stereocenters. The molecule has 33 heavy (non-hydrogen) atoms. The molecule has 0 amide bonds. The predicted octanol–water partition coefficient (Wildman–Crippen LogP) is 8.51. The lowest BCUT2D eigenvalue weighted by Gasteiger charge is -2.44. The Morgan fingerprint density at radius 3 is 1.21 bits per heavy atom. The van der Waals surface area contributed by atoms with Gasteiger partial charge in [0.2, 0.25) is 0 Å². The van der Waals surface area contributed by atoms with E-state index in [1.54, 1.807) is 0 Å². The van der Waals surface area contributed by atoms with E-state index in [1.165, 1.54) is 22.3 Å². The van der Waals surface area contributed by atoms with Gasteiger partial charge in [-0.1, -0.05) is 151 Å². The van der Waals surface area contributed by atoms with Gasteiger partial charge in [-0.15, -0.1) is 0 Å². The number of hydrogen-bond acceptors (Lipinski definition) is 0. The molecule has 0 spiro atoms. The molecule has 0 nitrogen and oxygen atoms in total. The molecule has 0 saturated heterocycles. The highest BCUT2D eigenvalue weighted by Crippen LogP contribution is 2.53. The summed E-state index contributed by atoms with van der Waals surface area (Å²) >= 11 is 6.94. The fourth-order valence-electron chi connectivity index (χ4n) is 5.12. The van der Waals surface area contributed by atoms with Crippen LogP contribution < -0.4 is 0 Å². The van der Waals surface area contributed by atoms with Crippen molar-refractivity contribution in [2.75, 3.05) is 0 Å². The molecule has 0 aliphatic rings. The lowest BCUT2D eigenvalue weighted by molar-refractivity contribution is 0.537. The van der Waals surface area contributed by atoms with Gasteiger partial charge in [-0.3, -0.25) is 0 Å². The van der Waals surface area contributed by atoms with Crippen LogP contribution in [0.15, 0.2) is 146 Å². The van der Waals surface area contributed by atoms with Crippen molar-refractivity contribution >= 4 is 11.6 Å². The van der Waals surface area contributed by atoms with Crippen molar-refractivity contribution < 1.29 is 0 Å². The Hall–Kier alpha value is -3.61. The van der Waals surface area contributed by atoms with E-state index in [1.807, 2.05) is 12.1 Å². The van der Waals surface area contributed by atoms with Gasteiger partial charge in [-0.2, -0.15) is 0 Å². The van der Waals surface area contributed by atoms with Gasteiger partial charge in [0.05, 0.1) is 5.41 Å². The lowest BCUT2D eigenvalue weighted by atomic mass is 9.58. The fourth-order valence-corrected chi connectivity index (χ4v) is 5.37. The van der Waals surface area contributed by atoms with Crippen molar-refractivity contribution in [2.24, 2.45) is 0 Å². The van der Waals surface area contributed by atoms with Crippen LogP contribution in [0, 0.1) is 0 Å².